The van der Waals surface area contributed by atoms with Crippen molar-refractivity contribution in [2.24, 2.45) is 11.3 Å². The van der Waals surface area contributed by atoms with E-state index in [0.29, 0.717) is 17.9 Å². The number of hydrogen-bond acceptors (Lipinski definition) is 3. The van der Waals surface area contributed by atoms with Crippen LogP contribution in [-0.4, -0.2) is 48.9 Å². The van der Waals surface area contributed by atoms with E-state index in [9.17, 15) is 9.59 Å². The number of carbonyl (C=O) groups is 2. The first kappa shape index (κ1) is 13.9. The van der Waals surface area contributed by atoms with Crippen molar-refractivity contribution >= 4 is 11.8 Å². The van der Waals surface area contributed by atoms with Crippen LogP contribution in [0, 0.1) is 11.3 Å². The lowest BCUT2D eigenvalue weighted by Gasteiger charge is -2.34. The molecule has 0 aromatic rings. The molecule has 1 aliphatic carbocycles. The molecule has 2 heterocycles. The number of hydrogen-bond donors (Lipinski definition) is 2. The lowest BCUT2D eigenvalue weighted by Crippen LogP contribution is -2.50. The Kier molecular flexibility index (Phi) is 3.71. The van der Waals surface area contributed by atoms with Crippen molar-refractivity contribution in [3.8, 4) is 0 Å². The smallest absolute Gasteiger partial charge is 0.226 e. The molecule has 3 fully saturated rings. The lowest BCUT2D eigenvalue weighted by molar-refractivity contribution is -0.135. The third-order valence-electron chi connectivity index (χ3n) is 5.23. The molecule has 112 valence electrons. The average molecular weight is 279 g/mol. The number of likely N-dealkylation sites (tertiary alicyclic amines) is 1. The number of nitrogens with zero attached hydrogens (tertiary/aromatic N) is 1. The summed E-state index contributed by atoms with van der Waals surface area (Å²) >= 11 is 0. The molecule has 2 saturated heterocycles. The molecular formula is C15H25N3O2. The van der Waals surface area contributed by atoms with Gasteiger partial charge in [0, 0.05) is 32.0 Å². The Morgan fingerprint density at radius 3 is 2.75 bits per heavy atom. The first-order chi connectivity index (χ1) is 9.61. The quantitative estimate of drug-likeness (QED) is 0.774. The predicted octanol–water partition coefficient (Wildman–Crippen LogP) is 0.503. The Balaban J connectivity index is 1.56. The van der Waals surface area contributed by atoms with E-state index in [1.54, 1.807) is 6.92 Å². The van der Waals surface area contributed by atoms with Crippen LogP contribution in [-0.2, 0) is 9.59 Å². The summed E-state index contributed by atoms with van der Waals surface area (Å²) in [5.74, 6) is 0.591. The minimum absolute atomic E-state index is 0.00514. The second kappa shape index (κ2) is 5.35. The Labute approximate surface area is 120 Å². The van der Waals surface area contributed by atoms with E-state index in [0.717, 1.165) is 51.7 Å². The monoisotopic (exact) mass is 279 g/mol. The summed E-state index contributed by atoms with van der Waals surface area (Å²) in [6.45, 7) is 5.21. The van der Waals surface area contributed by atoms with E-state index in [1.165, 1.54) is 0 Å². The lowest BCUT2D eigenvalue weighted by atomic mass is 9.91. The highest BCUT2D eigenvalue weighted by Gasteiger charge is 2.58. The van der Waals surface area contributed by atoms with E-state index in [-0.39, 0.29) is 17.9 Å². The SMILES string of the molecule is CC(=O)NC1CCCN(C(=O)C2CC23CCNCC3)C1. The van der Waals surface area contributed by atoms with Crippen molar-refractivity contribution in [3.05, 3.63) is 0 Å². The van der Waals surface area contributed by atoms with Crippen molar-refractivity contribution in [2.75, 3.05) is 26.2 Å². The summed E-state index contributed by atoms with van der Waals surface area (Å²) in [6.07, 6.45) is 5.36. The molecule has 5 heteroatoms. The van der Waals surface area contributed by atoms with Crippen molar-refractivity contribution in [1.82, 2.24) is 15.5 Å². The summed E-state index contributed by atoms with van der Waals surface area (Å²) < 4.78 is 0. The van der Waals surface area contributed by atoms with Crippen LogP contribution in [0.2, 0.25) is 0 Å². The van der Waals surface area contributed by atoms with E-state index in [2.05, 4.69) is 10.6 Å². The fourth-order valence-electron chi connectivity index (χ4n) is 3.98. The number of rotatable bonds is 2. The summed E-state index contributed by atoms with van der Waals surface area (Å²) in [7, 11) is 0. The van der Waals surface area contributed by atoms with Gasteiger partial charge >= 0.3 is 0 Å². The van der Waals surface area contributed by atoms with Gasteiger partial charge in [0.05, 0.1) is 0 Å². The molecule has 1 saturated carbocycles. The van der Waals surface area contributed by atoms with Crippen molar-refractivity contribution < 1.29 is 9.59 Å². The molecule has 0 aromatic heterocycles. The number of amides is 2. The van der Waals surface area contributed by atoms with E-state index >= 15 is 0 Å². The number of carbonyl (C=O) groups excluding carboxylic acids is 2. The van der Waals surface area contributed by atoms with Crippen LogP contribution < -0.4 is 10.6 Å². The Bertz CT molecular complexity index is 404. The second-order valence-corrected chi connectivity index (χ2v) is 6.69. The Hall–Kier alpha value is -1.10. The van der Waals surface area contributed by atoms with Gasteiger partial charge in [0.1, 0.15) is 0 Å². The zero-order valence-electron chi connectivity index (χ0n) is 12.3. The second-order valence-electron chi connectivity index (χ2n) is 6.69. The average Bonchev–Trinajstić information content (AvgIpc) is 3.11. The molecule has 2 amide bonds. The van der Waals surface area contributed by atoms with Gasteiger partial charge in [0.2, 0.25) is 11.8 Å². The van der Waals surface area contributed by atoms with E-state index < -0.39 is 0 Å². The molecule has 2 unspecified atom stereocenters. The number of nitrogens with one attached hydrogen (secondary N) is 2. The van der Waals surface area contributed by atoms with Gasteiger partial charge in [-0.1, -0.05) is 0 Å². The van der Waals surface area contributed by atoms with Crippen LogP contribution in [0.15, 0.2) is 0 Å². The molecule has 3 aliphatic rings. The van der Waals surface area contributed by atoms with Crippen LogP contribution in [0.1, 0.15) is 39.0 Å². The third-order valence-corrected chi connectivity index (χ3v) is 5.23. The molecular weight excluding hydrogens is 254 g/mol. The van der Waals surface area contributed by atoms with Crippen molar-refractivity contribution in [2.45, 2.75) is 45.1 Å². The van der Waals surface area contributed by atoms with Crippen LogP contribution >= 0.6 is 0 Å². The summed E-state index contributed by atoms with van der Waals surface area (Å²) in [4.78, 5) is 25.8. The highest BCUT2D eigenvalue weighted by molar-refractivity contribution is 5.83. The van der Waals surface area contributed by atoms with Gasteiger partial charge in [-0.05, 0) is 50.6 Å². The van der Waals surface area contributed by atoms with Gasteiger partial charge < -0.3 is 15.5 Å². The van der Waals surface area contributed by atoms with Crippen molar-refractivity contribution in [1.29, 1.82) is 0 Å². The van der Waals surface area contributed by atoms with Gasteiger partial charge in [0.15, 0.2) is 0 Å². The maximum atomic E-state index is 12.7. The summed E-state index contributed by atoms with van der Waals surface area (Å²) in [6, 6.07) is 0.146. The fraction of sp³-hybridized carbons (Fsp3) is 0.867. The largest absolute Gasteiger partial charge is 0.352 e. The Morgan fingerprint density at radius 1 is 1.30 bits per heavy atom. The highest BCUT2D eigenvalue weighted by Crippen LogP contribution is 2.59. The van der Waals surface area contributed by atoms with Gasteiger partial charge in [-0.25, -0.2) is 0 Å². The van der Waals surface area contributed by atoms with Crippen LogP contribution in [0.5, 0.6) is 0 Å². The van der Waals surface area contributed by atoms with Gasteiger partial charge in [-0.2, -0.15) is 0 Å². The maximum Gasteiger partial charge on any atom is 0.226 e. The van der Waals surface area contributed by atoms with E-state index in [4.69, 9.17) is 0 Å². The van der Waals surface area contributed by atoms with Crippen molar-refractivity contribution in [3.63, 3.8) is 0 Å². The Morgan fingerprint density at radius 2 is 2.05 bits per heavy atom. The molecule has 2 N–H and O–H groups in total. The van der Waals surface area contributed by atoms with E-state index in [1.807, 2.05) is 4.90 Å². The summed E-state index contributed by atoms with van der Waals surface area (Å²) in [5, 5.41) is 6.33. The third kappa shape index (κ3) is 2.68. The van der Waals surface area contributed by atoms with Gasteiger partial charge in [-0.3, -0.25) is 9.59 Å². The predicted molar refractivity (Wildman–Crippen MR) is 76.1 cm³/mol. The van der Waals surface area contributed by atoms with Crippen LogP contribution in [0.4, 0.5) is 0 Å². The molecule has 2 aliphatic heterocycles. The molecule has 3 rings (SSSR count). The van der Waals surface area contributed by atoms with Gasteiger partial charge in [-0.15, -0.1) is 0 Å². The first-order valence-corrected chi connectivity index (χ1v) is 7.87. The molecule has 1 spiro atoms. The first-order valence-electron chi connectivity index (χ1n) is 7.87. The standard InChI is InChI=1S/C15H25N3O2/c1-11(19)17-12-3-2-8-18(10-12)14(20)13-9-15(13)4-6-16-7-5-15/h12-13,16H,2-10H2,1H3,(H,17,19). The molecule has 5 nitrogen and oxygen atoms in total. The normalized spacial score (nSPS) is 31.9. The molecule has 0 radical (unpaired) electrons. The minimum Gasteiger partial charge on any atom is -0.352 e. The topological polar surface area (TPSA) is 61.4 Å². The maximum absolute atomic E-state index is 12.7. The highest BCUT2D eigenvalue weighted by atomic mass is 16.2. The van der Waals surface area contributed by atoms with Crippen LogP contribution in [0.3, 0.4) is 0 Å². The summed E-state index contributed by atoms with van der Waals surface area (Å²) in [5.41, 5.74) is 0.309. The fourth-order valence-corrected chi connectivity index (χ4v) is 3.98. The number of piperidine rings is 2. The van der Waals surface area contributed by atoms with Gasteiger partial charge in [0.25, 0.3) is 0 Å². The molecule has 20 heavy (non-hydrogen) atoms. The molecule has 2 atom stereocenters. The minimum atomic E-state index is 0.00514. The zero-order valence-corrected chi connectivity index (χ0v) is 12.3. The molecule has 0 bridgehead atoms. The molecule has 0 aromatic carbocycles. The zero-order chi connectivity index (χ0) is 14.2. The van der Waals surface area contributed by atoms with Crippen LogP contribution in [0.25, 0.3) is 0 Å².